The van der Waals surface area contributed by atoms with E-state index in [0.717, 1.165) is 21.0 Å². The molecule has 3 aromatic carbocycles. The molecule has 0 radical (unpaired) electrons. The lowest BCUT2D eigenvalue weighted by molar-refractivity contribution is -0.120. The first kappa shape index (κ1) is 22.8. The summed E-state index contributed by atoms with van der Waals surface area (Å²) in [7, 11) is -3.98. The van der Waals surface area contributed by atoms with Gasteiger partial charge in [0.2, 0.25) is 5.91 Å². The molecular weight excluding hydrogens is 432 g/mol. The molecule has 0 aliphatic rings. The van der Waals surface area contributed by atoms with Crippen molar-refractivity contribution in [2.75, 3.05) is 10.8 Å². The summed E-state index contributed by atoms with van der Waals surface area (Å²) in [5.41, 5.74) is 3.03. The molecule has 7 heteroatoms. The summed E-state index contributed by atoms with van der Waals surface area (Å²) >= 11 is 6.25. The van der Waals surface area contributed by atoms with Gasteiger partial charge >= 0.3 is 0 Å². The number of halogens is 1. The molecule has 0 fully saturated rings. The van der Waals surface area contributed by atoms with Crippen LogP contribution in [0.25, 0.3) is 0 Å². The van der Waals surface area contributed by atoms with Crippen LogP contribution in [0.2, 0.25) is 5.02 Å². The van der Waals surface area contributed by atoms with Crippen LogP contribution in [-0.4, -0.2) is 20.9 Å². The van der Waals surface area contributed by atoms with Crippen molar-refractivity contribution in [2.24, 2.45) is 0 Å². The van der Waals surface area contributed by atoms with Crippen molar-refractivity contribution < 1.29 is 13.2 Å². The largest absolute Gasteiger partial charge is 0.348 e. The van der Waals surface area contributed by atoms with Crippen LogP contribution in [0.15, 0.2) is 77.7 Å². The number of benzene rings is 3. The highest BCUT2D eigenvalue weighted by atomic mass is 35.5. The Hall–Kier alpha value is -2.83. The highest BCUT2D eigenvalue weighted by molar-refractivity contribution is 7.92. The molecule has 0 saturated heterocycles. The Morgan fingerprint density at radius 1 is 1.00 bits per heavy atom. The number of rotatable bonds is 7. The van der Waals surface area contributed by atoms with Gasteiger partial charge in [-0.3, -0.25) is 9.10 Å². The van der Waals surface area contributed by atoms with E-state index in [2.05, 4.69) is 5.32 Å². The van der Waals surface area contributed by atoms with Gasteiger partial charge in [-0.25, -0.2) is 8.42 Å². The van der Waals surface area contributed by atoms with Crippen molar-refractivity contribution >= 4 is 33.2 Å². The van der Waals surface area contributed by atoms with E-state index in [9.17, 15) is 13.2 Å². The van der Waals surface area contributed by atoms with Crippen LogP contribution in [0.5, 0.6) is 0 Å². The zero-order valence-electron chi connectivity index (χ0n) is 17.7. The predicted molar refractivity (Wildman–Crippen MR) is 125 cm³/mol. The summed E-state index contributed by atoms with van der Waals surface area (Å²) in [6.45, 7) is 5.20. The van der Waals surface area contributed by atoms with Gasteiger partial charge in [0.05, 0.1) is 16.6 Å². The first-order valence-corrected chi connectivity index (χ1v) is 11.7. The van der Waals surface area contributed by atoms with Crippen molar-refractivity contribution in [1.82, 2.24) is 5.32 Å². The monoisotopic (exact) mass is 456 g/mol. The highest BCUT2D eigenvalue weighted by Crippen LogP contribution is 2.28. The van der Waals surface area contributed by atoms with Crippen LogP contribution < -0.4 is 9.62 Å². The minimum absolute atomic E-state index is 0.110. The quantitative estimate of drug-likeness (QED) is 0.542. The average Bonchev–Trinajstić information content (AvgIpc) is 2.75. The topological polar surface area (TPSA) is 66.5 Å². The Morgan fingerprint density at radius 3 is 2.26 bits per heavy atom. The average molecular weight is 457 g/mol. The summed E-state index contributed by atoms with van der Waals surface area (Å²) in [6, 6.07) is 20.7. The van der Waals surface area contributed by atoms with E-state index in [1.165, 1.54) is 12.1 Å². The molecular formula is C24H25ClN2O3S. The second-order valence-electron chi connectivity index (χ2n) is 7.46. The maximum atomic E-state index is 13.4. The zero-order chi connectivity index (χ0) is 22.6. The lowest BCUT2D eigenvalue weighted by Gasteiger charge is -2.25. The summed E-state index contributed by atoms with van der Waals surface area (Å²) < 4.78 is 28.0. The molecule has 0 spiro atoms. The number of nitrogens with one attached hydrogen (secondary N) is 1. The third-order valence-corrected chi connectivity index (χ3v) is 7.21. The van der Waals surface area contributed by atoms with Gasteiger partial charge in [0.15, 0.2) is 0 Å². The summed E-state index contributed by atoms with van der Waals surface area (Å²) in [5.74, 6) is -0.413. The van der Waals surface area contributed by atoms with Crippen LogP contribution >= 0.6 is 11.6 Å². The molecule has 0 unspecified atom stereocenters. The molecule has 0 aliphatic heterocycles. The Kier molecular flexibility index (Phi) is 7.03. The van der Waals surface area contributed by atoms with Crippen molar-refractivity contribution in [1.29, 1.82) is 0 Å². The molecule has 0 heterocycles. The van der Waals surface area contributed by atoms with E-state index in [-0.39, 0.29) is 17.5 Å². The van der Waals surface area contributed by atoms with Crippen LogP contribution in [0.1, 0.15) is 29.7 Å². The zero-order valence-corrected chi connectivity index (χ0v) is 19.2. The fourth-order valence-corrected chi connectivity index (χ4v) is 4.72. The number of aryl methyl sites for hydroxylation is 2. The maximum Gasteiger partial charge on any atom is 0.264 e. The smallest absolute Gasteiger partial charge is 0.264 e. The maximum absolute atomic E-state index is 13.4. The summed E-state index contributed by atoms with van der Waals surface area (Å²) in [6.07, 6.45) is 0. The molecule has 1 atom stereocenters. The summed E-state index contributed by atoms with van der Waals surface area (Å²) in [5, 5.41) is 3.31. The fraction of sp³-hybridized carbons (Fsp3) is 0.208. The van der Waals surface area contributed by atoms with Gasteiger partial charge in [-0.2, -0.15) is 0 Å². The Labute approximate surface area is 188 Å². The fourth-order valence-electron chi connectivity index (χ4n) is 3.13. The molecule has 0 saturated carbocycles. The van der Waals surface area contributed by atoms with Gasteiger partial charge in [0.1, 0.15) is 6.54 Å². The van der Waals surface area contributed by atoms with Crippen molar-refractivity contribution in [3.63, 3.8) is 0 Å². The number of sulfonamides is 1. The van der Waals surface area contributed by atoms with E-state index in [4.69, 9.17) is 11.6 Å². The number of carbonyl (C=O) groups excluding carboxylic acids is 1. The van der Waals surface area contributed by atoms with Crippen molar-refractivity contribution in [3.05, 3.63) is 94.5 Å². The van der Waals surface area contributed by atoms with Gasteiger partial charge in [-0.1, -0.05) is 65.7 Å². The second kappa shape index (κ2) is 9.54. The first-order valence-electron chi connectivity index (χ1n) is 9.88. The summed E-state index contributed by atoms with van der Waals surface area (Å²) in [4.78, 5) is 13.0. The van der Waals surface area contributed by atoms with E-state index in [0.29, 0.717) is 10.7 Å². The van der Waals surface area contributed by atoms with Crippen LogP contribution in [-0.2, 0) is 14.8 Å². The first-order chi connectivity index (χ1) is 14.7. The molecule has 31 heavy (non-hydrogen) atoms. The van der Waals surface area contributed by atoms with Crippen molar-refractivity contribution in [3.8, 4) is 0 Å². The molecule has 5 nitrogen and oxygen atoms in total. The number of anilines is 1. The molecule has 0 bridgehead atoms. The number of carbonyl (C=O) groups is 1. The van der Waals surface area contributed by atoms with Gasteiger partial charge in [-0.05, 0) is 56.2 Å². The van der Waals surface area contributed by atoms with Gasteiger partial charge < -0.3 is 5.32 Å². The van der Waals surface area contributed by atoms with Crippen LogP contribution in [0, 0.1) is 13.8 Å². The highest BCUT2D eigenvalue weighted by Gasteiger charge is 2.28. The van der Waals surface area contributed by atoms with Gasteiger partial charge in [0.25, 0.3) is 10.0 Å². The molecule has 0 aliphatic carbocycles. The van der Waals surface area contributed by atoms with Crippen molar-refractivity contribution in [2.45, 2.75) is 31.7 Å². The molecule has 0 aromatic heterocycles. The Bertz CT molecular complexity index is 1160. The van der Waals surface area contributed by atoms with Gasteiger partial charge in [-0.15, -0.1) is 0 Å². The van der Waals surface area contributed by atoms with E-state index in [1.54, 1.807) is 30.3 Å². The van der Waals surface area contributed by atoms with E-state index < -0.39 is 15.9 Å². The lowest BCUT2D eigenvalue weighted by atomic mass is 10.1. The molecule has 162 valence electrons. The molecule has 1 N–H and O–H groups in total. The number of nitrogens with zero attached hydrogens (tertiary/aromatic N) is 1. The Balaban J connectivity index is 1.93. The van der Waals surface area contributed by atoms with E-state index in [1.807, 2.05) is 51.1 Å². The standard InChI is InChI=1S/C24H25ClN2O3S/c1-17-9-13-22(14-10-17)31(29,30)27(21-12-11-18(2)23(25)15-21)16-24(28)26-19(3)20-7-5-4-6-8-20/h4-15,19H,16H2,1-3H3,(H,26,28)/t19-/m0/s1. The third kappa shape index (κ3) is 5.46. The molecule has 3 aromatic rings. The van der Waals surface area contributed by atoms with Crippen LogP contribution in [0.4, 0.5) is 5.69 Å². The van der Waals surface area contributed by atoms with Gasteiger partial charge in [0, 0.05) is 5.02 Å². The number of amides is 1. The third-order valence-electron chi connectivity index (χ3n) is 5.02. The number of hydrogen-bond acceptors (Lipinski definition) is 3. The van der Waals surface area contributed by atoms with E-state index >= 15 is 0 Å². The lowest BCUT2D eigenvalue weighted by Crippen LogP contribution is -2.41. The SMILES string of the molecule is Cc1ccc(S(=O)(=O)N(CC(=O)N[C@@H](C)c2ccccc2)c2ccc(C)c(Cl)c2)cc1. The molecule has 1 amide bonds. The minimum atomic E-state index is -3.98. The minimum Gasteiger partial charge on any atom is -0.348 e. The normalized spacial score (nSPS) is 12.3. The number of hydrogen-bond donors (Lipinski definition) is 1. The second-order valence-corrected chi connectivity index (χ2v) is 9.73. The Morgan fingerprint density at radius 2 is 1.65 bits per heavy atom. The van der Waals surface area contributed by atoms with Crippen LogP contribution in [0.3, 0.4) is 0 Å². The molecule has 3 rings (SSSR count). The predicted octanol–water partition coefficient (Wildman–Crippen LogP) is 5.03.